The third-order valence-corrected chi connectivity index (χ3v) is 5.88. The van der Waals surface area contributed by atoms with Crippen LogP contribution >= 0.6 is 35.3 Å². The van der Waals surface area contributed by atoms with Crippen LogP contribution in [0, 0.1) is 0 Å². The van der Waals surface area contributed by atoms with Gasteiger partial charge < -0.3 is 0 Å². The number of rotatable bonds is 7. The van der Waals surface area contributed by atoms with Crippen molar-refractivity contribution < 1.29 is 0 Å². The Balaban J connectivity index is 2.99. The minimum Gasteiger partial charge on any atom is -0.207 e. The molecule has 0 amide bonds. The number of thioether (sulfide) groups is 3. The Morgan fingerprint density at radius 2 is 1.25 bits per heavy atom. The van der Waals surface area contributed by atoms with Crippen molar-refractivity contribution in [2.45, 2.75) is 0 Å². The van der Waals surface area contributed by atoms with E-state index in [9.17, 15) is 0 Å². The largest absolute Gasteiger partial charge is 0.207 e. The van der Waals surface area contributed by atoms with Crippen LogP contribution in [0.2, 0.25) is 0 Å². The Hall–Kier alpha value is 0.335. The van der Waals surface area contributed by atoms with Crippen LogP contribution in [0.1, 0.15) is 0 Å². The van der Waals surface area contributed by atoms with Crippen molar-refractivity contribution >= 4 is 46.9 Å². The molecule has 0 N–H and O–H groups in total. The predicted molar refractivity (Wildman–Crippen MR) is 87.0 cm³/mol. The molecule has 0 fully saturated rings. The number of hydrogen-bond acceptors (Lipinski definition) is 3. The van der Waals surface area contributed by atoms with Gasteiger partial charge in [0.2, 0.25) is 0 Å². The van der Waals surface area contributed by atoms with Gasteiger partial charge in [0.05, 0.1) is 6.15 Å². The van der Waals surface area contributed by atoms with Crippen molar-refractivity contribution in [1.29, 1.82) is 0 Å². The van der Waals surface area contributed by atoms with Gasteiger partial charge in [0.1, 0.15) is 0 Å². The van der Waals surface area contributed by atoms with Crippen molar-refractivity contribution in [1.82, 2.24) is 0 Å². The highest BCUT2D eigenvalue weighted by molar-refractivity contribution is 8.05. The van der Waals surface area contributed by atoms with Gasteiger partial charge in [0, 0.05) is 0 Å². The molecule has 0 spiro atoms. The first-order chi connectivity index (χ1) is 7.79. The molecular formula is C12H20BS3-. The average molecular weight is 271 g/mol. The summed E-state index contributed by atoms with van der Waals surface area (Å²) in [6.45, 7) is 0. The molecule has 0 aliphatic rings. The van der Waals surface area contributed by atoms with Crippen molar-refractivity contribution in [2.24, 2.45) is 0 Å². The second-order valence-corrected chi connectivity index (χ2v) is 6.99. The van der Waals surface area contributed by atoms with E-state index in [1.807, 2.05) is 35.3 Å². The molecule has 16 heavy (non-hydrogen) atoms. The topological polar surface area (TPSA) is 0 Å². The van der Waals surface area contributed by atoms with E-state index in [0.29, 0.717) is 0 Å². The van der Waals surface area contributed by atoms with Gasteiger partial charge in [-0.3, -0.25) is 0 Å². The molecule has 0 nitrogen and oxygen atoms in total. The Morgan fingerprint density at radius 1 is 0.812 bits per heavy atom. The maximum Gasteiger partial charge on any atom is 0.0580 e. The van der Waals surface area contributed by atoms with Gasteiger partial charge in [0.25, 0.3) is 0 Å². The fourth-order valence-electron chi connectivity index (χ4n) is 2.25. The standard InChI is InChI=1S/C12H20BS3/c1-14-9-13(10-15-2,11-16-3)12-7-5-4-6-8-12/h4-8H,9-11H2,1-3H3/q-1. The lowest BCUT2D eigenvalue weighted by Gasteiger charge is -2.39. The minimum atomic E-state index is -0.394. The second-order valence-electron chi connectivity index (χ2n) is 4.26. The highest BCUT2D eigenvalue weighted by Crippen LogP contribution is 2.19. The molecule has 90 valence electrons. The summed E-state index contributed by atoms with van der Waals surface area (Å²) in [5.41, 5.74) is 5.36. The molecule has 0 aliphatic carbocycles. The smallest absolute Gasteiger partial charge is 0.0580 e. The first-order valence-electron chi connectivity index (χ1n) is 5.51. The SMILES string of the molecule is CSC[B-](CSC)(CSC)c1ccccc1. The van der Waals surface area contributed by atoms with Gasteiger partial charge in [-0.2, -0.15) is 0 Å². The Kier molecular flexibility index (Phi) is 6.86. The molecule has 1 rings (SSSR count). The summed E-state index contributed by atoms with van der Waals surface area (Å²) in [5, 5.41) is 0. The van der Waals surface area contributed by atoms with Crippen molar-refractivity contribution in [2.75, 3.05) is 35.7 Å². The summed E-state index contributed by atoms with van der Waals surface area (Å²) in [4.78, 5) is 0. The predicted octanol–water partition coefficient (Wildman–Crippen LogP) is 3.05. The highest BCUT2D eigenvalue weighted by atomic mass is 32.2. The van der Waals surface area contributed by atoms with Gasteiger partial charge >= 0.3 is 0 Å². The molecule has 0 aromatic heterocycles. The molecule has 1 aromatic rings. The minimum absolute atomic E-state index is 0.394. The van der Waals surface area contributed by atoms with Gasteiger partial charge in [-0.05, 0) is 18.8 Å². The van der Waals surface area contributed by atoms with Crippen molar-refractivity contribution in [3.8, 4) is 0 Å². The zero-order chi connectivity index (χ0) is 11.9. The lowest BCUT2D eigenvalue weighted by molar-refractivity contribution is 1.63. The molecule has 0 radical (unpaired) electrons. The fraction of sp³-hybridized carbons (Fsp3) is 0.500. The van der Waals surface area contributed by atoms with Crippen molar-refractivity contribution in [3.63, 3.8) is 0 Å². The first-order valence-corrected chi connectivity index (χ1v) is 9.70. The molecule has 0 saturated carbocycles. The third kappa shape index (κ3) is 3.68. The molecule has 0 unspecified atom stereocenters. The van der Waals surface area contributed by atoms with Gasteiger partial charge in [0.15, 0.2) is 0 Å². The normalized spacial score (nSPS) is 11.7. The zero-order valence-electron chi connectivity index (χ0n) is 10.3. The van der Waals surface area contributed by atoms with Crippen LogP contribution in [0.25, 0.3) is 0 Å². The maximum absolute atomic E-state index is 2.31. The third-order valence-electron chi connectivity index (χ3n) is 2.96. The molecule has 0 aliphatic heterocycles. The van der Waals surface area contributed by atoms with Gasteiger partial charge in [-0.15, -0.1) is 17.0 Å². The Labute approximate surface area is 113 Å². The first kappa shape index (κ1) is 14.4. The summed E-state index contributed by atoms with van der Waals surface area (Å²) in [6, 6.07) is 11.1. The van der Waals surface area contributed by atoms with Crippen LogP contribution in [0.3, 0.4) is 0 Å². The summed E-state index contributed by atoms with van der Waals surface area (Å²) in [7, 11) is 0. The molecule has 0 atom stereocenters. The quantitative estimate of drug-likeness (QED) is 0.700. The highest BCUT2D eigenvalue weighted by Gasteiger charge is 2.24. The Morgan fingerprint density at radius 3 is 1.62 bits per heavy atom. The van der Waals surface area contributed by atoms with Crippen molar-refractivity contribution in [3.05, 3.63) is 30.3 Å². The molecular weight excluding hydrogens is 251 g/mol. The summed E-state index contributed by atoms with van der Waals surface area (Å²) in [6.07, 6.45) is 6.27. The van der Waals surface area contributed by atoms with E-state index in [1.54, 1.807) is 5.46 Å². The van der Waals surface area contributed by atoms with E-state index in [-0.39, 0.29) is 0 Å². The van der Waals surface area contributed by atoms with E-state index in [2.05, 4.69) is 49.1 Å². The second kappa shape index (κ2) is 7.62. The Bertz CT molecular complexity index is 273. The van der Waals surface area contributed by atoms with E-state index in [4.69, 9.17) is 0 Å². The lowest BCUT2D eigenvalue weighted by Crippen LogP contribution is -2.56. The zero-order valence-corrected chi connectivity index (χ0v) is 12.8. The van der Waals surface area contributed by atoms with Gasteiger partial charge in [-0.25, -0.2) is 40.7 Å². The molecule has 0 bridgehead atoms. The van der Waals surface area contributed by atoms with Crippen LogP contribution in [0.15, 0.2) is 30.3 Å². The summed E-state index contributed by atoms with van der Waals surface area (Å²) < 4.78 is 0. The van der Waals surface area contributed by atoms with Crippen LogP contribution < -0.4 is 5.46 Å². The van der Waals surface area contributed by atoms with E-state index in [1.165, 1.54) is 17.0 Å². The molecule has 0 saturated heterocycles. The number of hydrogen-bond donors (Lipinski definition) is 0. The maximum atomic E-state index is 2.31. The average Bonchev–Trinajstić information content (AvgIpc) is 2.31. The van der Waals surface area contributed by atoms with E-state index < -0.39 is 6.15 Å². The molecule has 4 heteroatoms. The molecule has 0 heterocycles. The van der Waals surface area contributed by atoms with E-state index >= 15 is 0 Å². The lowest BCUT2D eigenvalue weighted by atomic mass is 9.26. The van der Waals surface area contributed by atoms with E-state index in [0.717, 1.165) is 0 Å². The molecule has 1 aromatic carbocycles. The van der Waals surface area contributed by atoms with Crippen LogP contribution in [0.4, 0.5) is 0 Å². The monoisotopic (exact) mass is 271 g/mol. The fourth-order valence-corrected chi connectivity index (χ4v) is 5.90. The summed E-state index contributed by atoms with van der Waals surface area (Å²) >= 11 is 5.95. The van der Waals surface area contributed by atoms with Crippen LogP contribution in [-0.4, -0.2) is 41.9 Å². The van der Waals surface area contributed by atoms with Crippen LogP contribution in [0.5, 0.6) is 0 Å². The van der Waals surface area contributed by atoms with Crippen LogP contribution in [-0.2, 0) is 0 Å². The number of benzene rings is 1. The summed E-state index contributed by atoms with van der Waals surface area (Å²) in [5.74, 6) is 0. The van der Waals surface area contributed by atoms with Gasteiger partial charge in [-0.1, -0.05) is 30.3 Å².